The first-order valence-electron chi connectivity index (χ1n) is 6.21. The van der Waals surface area contributed by atoms with Crippen molar-refractivity contribution in [2.24, 2.45) is 11.5 Å². The van der Waals surface area contributed by atoms with E-state index < -0.39 is 5.91 Å². The molecule has 1 aromatic rings. The van der Waals surface area contributed by atoms with Crippen LogP contribution >= 0.6 is 0 Å². The Hall–Kier alpha value is -1.93. The molecule has 7 N–H and O–H groups in total. The highest BCUT2D eigenvalue weighted by Gasteiger charge is 2.22. The number of rotatable bonds is 4. The van der Waals surface area contributed by atoms with Crippen molar-refractivity contribution in [3.05, 3.63) is 11.8 Å². The lowest BCUT2D eigenvalue weighted by molar-refractivity contribution is 0.0999. The summed E-state index contributed by atoms with van der Waals surface area (Å²) < 4.78 is 0. The van der Waals surface area contributed by atoms with Crippen molar-refractivity contribution in [2.75, 3.05) is 10.8 Å². The largest absolute Gasteiger partial charge is 0.365 e. The molecule has 1 aliphatic rings. The van der Waals surface area contributed by atoms with Crippen LogP contribution in [0, 0.1) is 0 Å². The Morgan fingerprint density at radius 3 is 2.79 bits per heavy atom. The Balaban J connectivity index is 2.14. The molecule has 1 heterocycles. The van der Waals surface area contributed by atoms with Gasteiger partial charge in [0, 0.05) is 18.3 Å². The molecular weight excluding hydrogens is 248 g/mol. The summed E-state index contributed by atoms with van der Waals surface area (Å²) in [4.78, 5) is 19.1. The molecule has 0 aliphatic heterocycles. The summed E-state index contributed by atoms with van der Waals surface area (Å²) in [5.41, 5.74) is 13.0. The maximum Gasteiger partial charge on any atom is 0.254 e. The van der Waals surface area contributed by atoms with Crippen molar-refractivity contribution >= 4 is 17.7 Å². The van der Waals surface area contributed by atoms with Gasteiger partial charge >= 0.3 is 0 Å². The zero-order chi connectivity index (χ0) is 13.8. The lowest BCUT2D eigenvalue weighted by atomic mass is 9.91. The Morgan fingerprint density at radius 1 is 1.42 bits per heavy atom. The third-order valence-corrected chi connectivity index (χ3v) is 3.29. The van der Waals surface area contributed by atoms with Gasteiger partial charge in [-0.3, -0.25) is 15.5 Å². The number of hydrogen-bond acceptors (Lipinski definition) is 7. The first kappa shape index (κ1) is 13.5. The lowest BCUT2D eigenvalue weighted by Gasteiger charge is -2.29. The van der Waals surface area contributed by atoms with E-state index in [-0.39, 0.29) is 23.5 Å². The van der Waals surface area contributed by atoms with Crippen molar-refractivity contribution in [1.82, 2.24) is 9.97 Å². The number of anilines is 2. The summed E-state index contributed by atoms with van der Waals surface area (Å²) in [6.45, 7) is 0. The van der Waals surface area contributed by atoms with Gasteiger partial charge in [-0.15, -0.1) is 0 Å². The van der Waals surface area contributed by atoms with E-state index >= 15 is 0 Å². The standard InChI is InChI=1S/C11H18N6O2/c12-7-3-1-2-4-8(7)15-11-14-5-6(9(13)18)10(16-11)17-19/h5,7-8,19H,1-4,12H2,(H2,13,18)(H2,14,15,16,17). The molecule has 0 radical (unpaired) electrons. The number of carbonyl (C=O) groups is 1. The summed E-state index contributed by atoms with van der Waals surface area (Å²) >= 11 is 0. The van der Waals surface area contributed by atoms with Crippen LogP contribution in [0.5, 0.6) is 0 Å². The molecule has 0 aromatic carbocycles. The Bertz CT molecular complexity index is 466. The van der Waals surface area contributed by atoms with Crippen LogP contribution in [0.25, 0.3) is 0 Å². The summed E-state index contributed by atoms with van der Waals surface area (Å²) in [6.07, 6.45) is 5.41. The molecule has 0 spiro atoms. The summed E-state index contributed by atoms with van der Waals surface area (Å²) in [5.74, 6) is -0.421. The Morgan fingerprint density at radius 2 is 2.16 bits per heavy atom. The first-order chi connectivity index (χ1) is 9.11. The molecule has 1 fully saturated rings. The van der Waals surface area contributed by atoms with Crippen LogP contribution in [-0.4, -0.2) is 33.2 Å². The number of hydrogen-bond donors (Lipinski definition) is 5. The maximum atomic E-state index is 11.1. The fourth-order valence-electron chi connectivity index (χ4n) is 2.22. The lowest BCUT2D eigenvalue weighted by Crippen LogP contribution is -2.43. The minimum absolute atomic E-state index is 0.0191. The van der Waals surface area contributed by atoms with Gasteiger partial charge in [0.05, 0.1) is 0 Å². The SMILES string of the molecule is NC(=O)c1cnc(NC2CCCCC2N)nc1NO. The minimum Gasteiger partial charge on any atom is -0.365 e. The Kier molecular flexibility index (Phi) is 4.13. The number of nitrogens with one attached hydrogen (secondary N) is 2. The van der Waals surface area contributed by atoms with Crippen molar-refractivity contribution in [3.8, 4) is 0 Å². The average Bonchev–Trinajstić information content (AvgIpc) is 2.41. The van der Waals surface area contributed by atoms with Crippen molar-refractivity contribution in [2.45, 2.75) is 37.8 Å². The van der Waals surface area contributed by atoms with Gasteiger partial charge in [0.1, 0.15) is 5.56 Å². The zero-order valence-corrected chi connectivity index (χ0v) is 10.5. The zero-order valence-electron chi connectivity index (χ0n) is 10.5. The topological polar surface area (TPSA) is 139 Å². The molecular formula is C11H18N6O2. The summed E-state index contributed by atoms with van der Waals surface area (Å²) in [6, 6.07) is 0.151. The smallest absolute Gasteiger partial charge is 0.254 e. The fraction of sp³-hybridized carbons (Fsp3) is 0.545. The normalized spacial score (nSPS) is 22.8. The Labute approximate surface area is 110 Å². The van der Waals surface area contributed by atoms with Gasteiger partial charge < -0.3 is 16.8 Å². The molecule has 2 rings (SSSR count). The van der Waals surface area contributed by atoms with Crippen LogP contribution in [0.4, 0.5) is 11.8 Å². The molecule has 0 bridgehead atoms. The quantitative estimate of drug-likeness (QED) is 0.485. The number of amides is 1. The van der Waals surface area contributed by atoms with Crippen LogP contribution in [0.1, 0.15) is 36.0 Å². The van der Waals surface area contributed by atoms with Crippen LogP contribution in [-0.2, 0) is 0 Å². The molecule has 2 unspecified atom stereocenters. The van der Waals surface area contributed by atoms with Gasteiger partial charge in [-0.2, -0.15) is 4.98 Å². The summed E-state index contributed by atoms with van der Waals surface area (Å²) in [5, 5.41) is 12.1. The van der Waals surface area contributed by atoms with E-state index in [1.54, 1.807) is 0 Å². The number of aromatic nitrogens is 2. The second-order valence-corrected chi connectivity index (χ2v) is 4.63. The third kappa shape index (κ3) is 3.09. The van der Waals surface area contributed by atoms with Gasteiger partial charge in [-0.25, -0.2) is 4.98 Å². The van der Waals surface area contributed by atoms with Crippen LogP contribution in [0.15, 0.2) is 6.20 Å². The highest BCUT2D eigenvalue weighted by atomic mass is 16.5. The first-order valence-corrected chi connectivity index (χ1v) is 6.21. The minimum atomic E-state index is -0.711. The van der Waals surface area contributed by atoms with E-state index in [2.05, 4.69) is 15.3 Å². The average molecular weight is 266 g/mol. The molecule has 0 saturated heterocycles. The van der Waals surface area contributed by atoms with Crippen molar-refractivity contribution in [3.63, 3.8) is 0 Å². The van der Waals surface area contributed by atoms with E-state index in [1.165, 1.54) is 6.20 Å². The second kappa shape index (κ2) is 5.81. The van der Waals surface area contributed by atoms with E-state index in [0.717, 1.165) is 25.7 Å². The van der Waals surface area contributed by atoms with E-state index in [4.69, 9.17) is 16.7 Å². The molecule has 19 heavy (non-hydrogen) atoms. The van der Waals surface area contributed by atoms with Crippen LogP contribution < -0.4 is 22.3 Å². The second-order valence-electron chi connectivity index (χ2n) is 4.63. The van der Waals surface area contributed by atoms with Crippen LogP contribution in [0.3, 0.4) is 0 Å². The predicted octanol–water partition coefficient (Wildman–Crippen LogP) is 0.0584. The van der Waals surface area contributed by atoms with E-state index in [0.29, 0.717) is 5.95 Å². The van der Waals surface area contributed by atoms with Gasteiger partial charge in [0.25, 0.3) is 5.91 Å². The molecule has 2 atom stereocenters. The van der Waals surface area contributed by atoms with Crippen LogP contribution in [0.2, 0.25) is 0 Å². The van der Waals surface area contributed by atoms with Gasteiger partial charge in [-0.05, 0) is 12.8 Å². The number of nitrogens with two attached hydrogens (primary N) is 2. The van der Waals surface area contributed by atoms with Gasteiger partial charge in [0.2, 0.25) is 5.95 Å². The van der Waals surface area contributed by atoms with E-state index in [1.807, 2.05) is 5.48 Å². The number of primary amides is 1. The monoisotopic (exact) mass is 266 g/mol. The predicted molar refractivity (Wildman–Crippen MR) is 69.8 cm³/mol. The van der Waals surface area contributed by atoms with Crippen molar-refractivity contribution in [1.29, 1.82) is 0 Å². The highest BCUT2D eigenvalue weighted by Crippen LogP contribution is 2.20. The molecule has 104 valence electrons. The maximum absolute atomic E-state index is 11.1. The molecule has 8 nitrogen and oxygen atoms in total. The van der Waals surface area contributed by atoms with E-state index in [9.17, 15) is 4.79 Å². The fourth-order valence-corrected chi connectivity index (χ4v) is 2.22. The molecule has 8 heteroatoms. The molecule has 1 aromatic heterocycles. The number of carbonyl (C=O) groups excluding carboxylic acids is 1. The third-order valence-electron chi connectivity index (χ3n) is 3.29. The number of nitrogens with zero attached hydrogens (tertiary/aromatic N) is 2. The summed E-state index contributed by atoms with van der Waals surface area (Å²) in [7, 11) is 0. The van der Waals surface area contributed by atoms with Crippen molar-refractivity contribution < 1.29 is 10.0 Å². The van der Waals surface area contributed by atoms with Gasteiger partial charge in [0.15, 0.2) is 5.82 Å². The molecule has 1 amide bonds. The molecule has 1 aliphatic carbocycles. The highest BCUT2D eigenvalue weighted by molar-refractivity contribution is 5.97. The molecule has 1 saturated carbocycles. The van der Waals surface area contributed by atoms with Gasteiger partial charge in [-0.1, -0.05) is 12.8 Å².